The number of carbonyl (C=O) groups excluding carboxylic acids is 2. The van der Waals surface area contributed by atoms with E-state index in [1.165, 1.54) is 18.4 Å². The van der Waals surface area contributed by atoms with E-state index in [0.29, 0.717) is 12.0 Å². The Bertz CT molecular complexity index is 722. The minimum Gasteiger partial charge on any atom is -0.469 e. The molecule has 2 fully saturated rings. The number of piperidine rings is 1. The van der Waals surface area contributed by atoms with Gasteiger partial charge in [-0.3, -0.25) is 9.69 Å². The van der Waals surface area contributed by atoms with Crippen LogP contribution in [0, 0.1) is 23.7 Å². The topological polar surface area (TPSA) is 58.6 Å². The maximum atomic E-state index is 12.6. The van der Waals surface area contributed by atoms with Crippen LogP contribution in [-0.4, -0.2) is 49.4 Å². The highest BCUT2D eigenvalue weighted by Gasteiger charge is 2.49. The van der Waals surface area contributed by atoms with Crippen LogP contribution in [0.25, 0.3) is 0 Å². The number of ether oxygens (including phenoxy) is 1. The molecule has 0 spiro atoms. The van der Waals surface area contributed by atoms with Gasteiger partial charge in [0.15, 0.2) is 0 Å². The summed E-state index contributed by atoms with van der Waals surface area (Å²) in [5, 5.41) is 3.75. The van der Waals surface area contributed by atoms with E-state index >= 15 is 0 Å². The Kier molecular flexibility index (Phi) is 5.72. The van der Waals surface area contributed by atoms with Gasteiger partial charge in [-0.1, -0.05) is 18.2 Å². The first-order valence-corrected chi connectivity index (χ1v) is 10.7. The molecule has 2 heterocycles. The summed E-state index contributed by atoms with van der Waals surface area (Å²) < 4.78 is 5.12. The monoisotopic (exact) mass is 384 g/mol. The number of anilines is 1. The fourth-order valence-corrected chi connectivity index (χ4v) is 5.95. The zero-order chi connectivity index (χ0) is 19.7. The average Bonchev–Trinajstić information content (AvgIpc) is 2.78. The van der Waals surface area contributed by atoms with E-state index in [9.17, 15) is 9.59 Å². The second-order valence-electron chi connectivity index (χ2n) is 8.84. The molecular formula is C23H32N2O3. The number of rotatable bonds is 2. The summed E-state index contributed by atoms with van der Waals surface area (Å²) in [6.07, 6.45) is 6.02. The van der Waals surface area contributed by atoms with Crippen LogP contribution >= 0.6 is 0 Å². The molecular weight excluding hydrogens is 352 g/mol. The zero-order valence-electron chi connectivity index (χ0n) is 17.0. The van der Waals surface area contributed by atoms with Crippen LogP contribution in [0.1, 0.15) is 38.2 Å². The molecule has 0 radical (unpaired) electrons. The lowest BCUT2D eigenvalue weighted by molar-refractivity contribution is -0.157. The van der Waals surface area contributed by atoms with Gasteiger partial charge in [0, 0.05) is 30.2 Å². The van der Waals surface area contributed by atoms with Crippen LogP contribution in [0.5, 0.6) is 0 Å². The number of nitrogens with one attached hydrogen (secondary N) is 1. The van der Waals surface area contributed by atoms with Gasteiger partial charge in [0.05, 0.1) is 13.0 Å². The van der Waals surface area contributed by atoms with E-state index in [1.807, 2.05) is 0 Å². The number of aldehydes is 1. The molecule has 1 aliphatic carbocycles. The van der Waals surface area contributed by atoms with Gasteiger partial charge >= 0.3 is 5.97 Å². The predicted octanol–water partition coefficient (Wildman–Crippen LogP) is 3.14. The van der Waals surface area contributed by atoms with Crippen molar-refractivity contribution in [3.63, 3.8) is 0 Å². The molecule has 1 aromatic rings. The Balaban J connectivity index is 1.60. The molecule has 152 valence electrons. The van der Waals surface area contributed by atoms with E-state index in [4.69, 9.17) is 4.74 Å². The van der Waals surface area contributed by atoms with Crippen molar-refractivity contribution in [1.82, 2.24) is 4.90 Å². The van der Waals surface area contributed by atoms with Crippen molar-refractivity contribution in [1.29, 1.82) is 0 Å². The molecule has 5 nitrogen and oxygen atoms in total. The van der Waals surface area contributed by atoms with Crippen molar-refractivity contribution in [3.05, 3.63) is 29.8 Å². The molecule has 1 N–H and O–H groups in total. The second kappa shape index (κ2) is 8.24. The number of esters is 1. The highest BCUT2D eigenvalue weighted by atomic mass is 16.5. The lowest BCUT2D eigenvalue weighted by Crippen LogP contribution is -2.57. The fraction of sp³-hybridized carbons (Fsp3) is 0.652. The summed E-state index contributed by atoms with van der Waals surface area (Å²) in [5.41, 5.74) is 2.62. The molecule has 0 bridgehead atoms. The third kappa shape index (κ3) is 3.57. The SMILES string of the molecule is COC(=O)[C@@H]1[C@H]2C[C@H]3C(C)Nc4ccccc4CCCN3C[C@@H]2CC[C@@H]1C=O. The quantitative estimate of drug-likeness (QED) is 0.627. The molecule has 1 saturated carbocycles. The smallest absolute Gasteiger partial charge is 0.309 e. The van der Waals surface area contributed by atoms with Gasteiger partial charge < -0.3 is 14.8 Å². The van der Waals surface area contributed by atoms with Crippen LogP contribution in [0.15, 0.2) is 24.3 Å². The first-order chi connectivity index (χ1) is 13.6. The number of fused-ring (bicyclic) bond motifs is 3. The van der Waals surface area contributed by atoms with E-state index < -0.39 is 0 Å². The molecule has 28 heavy (non-hydrogen) atoms. The van der Waals surface area contributed by atoms with Gasteiger partial charge in [0.2, 0.25) is 0 Å². The Labute approximate surface area is 167 Å². The normalized spacial score (nSPS) is 35.6. The largest absolute Gasteiger partial charge is 0.469 e. The number of para-hydroxylation sites is 1. The Morgan fingerprint density at radius 1 is 1.29 bits per heavy atom. The van der Waals surface area contributed by atoms with Gasteiger partial charge in [0.1, 0.15) is 6.29 Å². The summed E-state index contributed by atoms with van der Waals surface area (Å²) in [7, 11) is 1.45. The van der Waals surface area contributed by atoms with Gasteiger partial charge in [-0.05, 0) is 69.0 Å². The third-order valence-electron chi connectivity index (χ3n) is 7.37. The van der Waals surface area contributed by atoms with Crippen LogP contribution in [0.4, 0.5) is 5.69 Å². The highest BCUT2D eigenvalue weighted by Crippen LogP contribution is 2.46. The molecule has 0 aromatic heterocycles. The number of methoxy groups -OCH3 is 1. The molecule has 2 aliphatic heterocycles. The van der Waals surface area contributed by atoms with Crippen molar-refractivity contribution in [3.8, 4) is 0 Å². The number of benzene rings is 1. The van der Waals surface area contributed by atoms with Gasteiger partial charge in [-0.25, -0.2) is 0 Å². The number of hydrogen-bond donors (Lipinski definition) is 1. The van der Waals surface area contributed by atoms with Crippen molar-refractivity contribution in [2.24, 2.45) is 23.7 Å². The van der Waals surface area contributed by atoms with Crippen LogP contribution in [0.3, 0.4) is 0 Å². The predicted molar refractivity (Wildman–Crippen MR) is 109 cm³/mol. The summed E-state index contributed by atoms with van der Waals surface area (Å²) >= 11 is 0. The lowest BCUT2D eigenvalue weighted by atomic mass is 9.62. The fourth-order valence-electron chi connectivity index (χ4n) is 5.95. The molecule has 1 unspecified atom stereocenters. The molecule has 4 rings (SSSR count). The third-order valence-corrected chi connectivity index (χ3v) is 7.37. The number of nitrogens with zero attached hydrogens (tertiary/aromatic N) is 1. The number of carbonyl (C=O) groups is 2. The maximum Gasteiger partial charge on any atom is 0.309 e. The zero-order valence-corrected chi connectivity index (χ0v) is 17.0. The van der Waals surface area contributed by atoms with E-state index in [2.05, 4.69) is 41.4 Å². The minimum absolute atomic E-state index is 0.194. The number of hydrogen-bond acceptors (Lipinski definition) is 5. The van der Waals surface area contributed by atoms with Crippen LogP contribution < -0.4 is 5.32 Å². The minimum atomic E-state index is -0.282. The summed E-state index contributed by atoms with van der Waals surface area (Å²) in [6, 6.07) is 9.26. The van der Waals surface area contributed by atoms with Gasteiger partial charge in [-0.2, -0.15) is 0 Å². The molecule has 1 aromatic carbocycles. The van der Waals surface area contributed by atoms with Crippen LogP contribution in [-0.2, 0) is 20.7 Å². The maximum absolute atomic E-state index is 12.6. The molecule has 6 atom stereocenters. The summed E-state index contributed by atoms with van der Waals surface area (Å²) in [4.78, 5) is 26.9. The lowest BCUT2D eigenvalue weighted by Gasteiger charge is -2.51. The Hall–Kier alpha value is -1.88. The summed E-state index contributed by atoms with van der Waals surface area (Å²) in [5.74, 6) is 0.0372. The van der Waals surface area contributed by atoms with E-state index in [0.717, 1.165) is 51.5 Å². The Morgan fingerprint density at radius 2 is 2.11 bits per heavy atom. The van der Waals surface area contributed by atoms with Crippen molar-refractivity contribution in [2.75, 3.05) is 25.5 Å². The highest BCUT2D eigenvalue weighted by molar-refractivity contribution is 5.77. The molecule has 3 aliphatic rings. The van der Waals surface area contributed by atoms with Crippen LogP contribution in [0.2, 0.25) is 0 Å². The molecule has 1 saturated heterocycles. The molecule has 5 heteroatoms. The van der Waals surface area contributed by atoms with Crippen molar-refractivity contribution >= 4 is 17.9 Å². The van der Waals surface area contributed by atoms with E-state index in [-0.39, 0.29) is 29.8 Å². The van der Waals surface area contributed by atoms with E-state index in [1.54, 1.807) is 0 Å². The second-order valence-corrected chi connectivity index (χ2v) is 8.84. The Morgan fingerprint density at radius 3 is 2.89 bits per heavy atom. The standard InChI is InChI=1S/C23H32N2O3/c1-15-21-12-19-17(9-10-18(14-26)22(19)23(27)28-2)13-25(21)11-5-7-16-6-3-4-8-20(16)24-15/h3-4,6,8,14-15,17-19,21-22,24H,5,7,9-13H2,1-2H3/t15?,17-,18+,19-,21-,22-/m0/s1. The van der Waals surface area contributed by atoms with Crippen molar-refractivity contribution < 1.29 is 14.3 Å². The average molecular weight is 385 g/mol. The first kappa shape index (κ1) is 19.4. The van der Waals surface area contributed by atoms with Gasteiger partial charge in [-0.15, -0.1) is 0 Å². The summed E-state index contributed by atoms with van der Waals surface area (Å²) in [6.45, 7) is 4.37. The first-order valence-electron chi connectivity index (χ1n) is 10.7. The molecule has 0 amide bonds. The van der Waals surface area contributed by atoms with Gasteiger partial charge in [0.25, 0.3) is 0 Å². The van der Waals surface area contributed by atoms with Crippen molar-refractivity contribution in [2.45, 2.75) is 51.1 Å². The number of aryl methyl sites for hydroxylation is 1.